The van der Waals surface area contributed by atoms with E-state index in [1.54, 1.807) is 24.3 Å². The van der Waals surface area contributed by atoms with Gasteiger partial charge in [-0.2, -0.15) is 0 Å². The normalized spacial score (nSPS) is 12.4. The van der Waals surface area contributed by atoms with E-state index < -0.39 is 30.4 Å². The second kappa shape index (κ2) is 14.9. The van der Waals surface area contributed by atoms with Crippen molar-refractivity contribution in [3.8, 4) is 22.4 Å². The van der Waals surface area contributed by atoms with Crippen molar-refractivity contribution in [3.05, 3.63) is 102 Å². The van der Waals surface area contributed by atoms with Gasteiger partial charge in [0.1, 0.15) is 5.82 Å². The maximum absolute atomic E-state index is 14.0. The third-order valence-electron chi connectivity index (χ3n) is 6.88. The molecule has 0 radical (unpaired) electrons. The molecule has 3 aromatic carbocycles. The molecule has 9 heteroatoms. The van der Waals surface area contributed by atoms with E-state index in [-0.39, 0.29) is 48.6 Å². The predicted molar refractivity (Wildman–Crippen MR) is 156 cm³/mol. The second-order valence-electron chi connectivity index (χ2n) is 10.3. The number of benzene rings is 3. The molecule has 1 aromatic heterocycles. The SMILES string of the molecule is CC(C)c1c(C(=O)Nc2ccccc2)c(-c2ccccc2)c(-c2ccc(F)cc2)n1CC[C@@H]([O-])C[C@@H]([O-])CC(=O)[O-].[Al+3]. The molecule has 0 saturated carbocycles. The summed E-state index contributed by atoms with van der Waals surface area (Å²) in [5.74, 6) is -2.37. The quantitative estimate of drug-likeness (QED) is 0.257. The fraction of sp³-hybridized carbons (Fsp3) is 0.273. The molecule has 214 valence electrons. The molecule has 0 aliphatic heterocycles. The van der Waals surface area contributed by atoms with Crippen molar-refractivity contribution in [1.29, 1.82) is 0 Å². The number of nitrogens with zero attached hydrogens (tertiary/aromatic N) is 1. The molecule has 0 unspecified atom stereocenters. The van der Waals surface area contributed by atoms with Gasteiger partial charge < -0.3 is 30.0 Å². The minimum absolute atomic E-state index is 0. The van der Waals surface area contributed by atoms with Gasteiger partial charge in [0.05, 0.1) is 11.3 Å². The molecule has 1 heterocycles. The molecule has 1 amide bonds. The van der Waals surface area contributed by atoms with Crippen LogP contribution in [0.25, 0.3) is 22.4 Å². The Morgan fingerprint density at radius 2 is 1.45 bits per heavy atom. The van der Waals surface area contributed by atoms with Crippen molar-refractivity contribution in [1.82, 2.24) is 4.57 Å². The van der Waals surface area contributed by atoms with Crippen LogP contribution in [0.5, 0.6) is 0 Å². The summed E-state index contributed by atoms with van der Waals surface area (Å²) in [5.41, 5.74) is 4.49. The van der Waals surface area contributed by atoms with E-state index in [1.807, 2.05) is 66.9 Å². The molecule has 0 spiro atoms. The van der Waals surface area contributed by atoms with Gasteiger partial charge in [-0.25, -0.2) is 4.39 Å². The van der Waals surface area contributed by atoms with Gasteiger partial charge in [-0.1, -0.05) is 68.8 Å². The molecule has 4 rings (SSSR count). The van der Waals surface area contributed by atoms with E-state index in [0.29, 0.717) is 33.8 Å². The Labute approximate surface area is 255 Å². The predicted octanol–water partition coefficient (Wildman–Crippen LogP) is 3.33. The monoisotopic (exact) mass is 582 g/mol. The maximum atomic E-state index is 14.0. The minimum Gasteiger partial charge on any atom is -0.852 e. The van der Waals surface area contributed by atoms with Crippen molar-refractivity contribution in [2.24, 2.45) is 0 Å². The molecule has 7 nitrogen and oxygen atoms in total. The van der Waals surface area contributed by atoms with E-state index in [9.17, 15) is 29.3 Å². The van der Waals surface area contributed by atoms with E-state index in [2.05, 4.69) is 5.32 Å². The number of nitrogens with one attached hydrogen (secondary N) is 1. The number of aliphatic carboxylic acids is 1. The summed E-state index contributed by atoms with van der Waals surface area (Å²) in [5, 5.41) is 38.7. The van der Waals surface area contributed by atoms with Gasteiger partial charge in [-0.3, -0.25) is 4.79 Å². The first-order valence-electron chi connectivity index (χ1n) is 13.6. The summed E-state index contributed by atoms with van der Waals surface area (Å²) in [6.45, 7) is 4.08. The van der Waals surface area contributed by atoms with E-state index in [4.69, 9.17) is 0 Å². The zero-order valence-electron chi connectivity index (χ0n) is 23.6. The van der Waals surface area contributed by atoms with Crippen LogP contribution in [0.15, 0.2) is 84.9 Å². The largest absolute Gasteiger partial charge is 3.00 e. The van der Waals surface area contributed by atoms with Crippen LogP contribution >= 0.6 is 0 Å². The molecular formula is C33H32AlFN2O5. The number of carboxylic acid groups (broad SMARTS) is 1. The first-order valence-corrected chi connectivity index (χ1v) is 13.6. The Hall–Kier alpha value is -3.74. The number of carbonyl (C=O) groups is 2. The van der Waals surface area contributed by atoms with E-state index in [1.165, 1.54) is 12.1 Å². The Morgan fingerprint density at radius 1 is 0.857 bits per heavy atom. The van der Waals surface area contributed by atoms with Crippen LogP contribution in [-0.4, -0.2) is 46.0 Å². The maximum Gasteiger partial charge on any atom is 3.00 e. The number of anilines is 1. The Bertz CT molecular complexity index is 1470. The summed E-state index contributed by atoms with van der Waals surface area (Å²) in [4.78, 5) is 24.8. The van der Waals surface area contributed by atoms with Gasteiger partial charge in [0, 0.05) is 29.5 Å². The van der Waals surface area contributed by atoms with Crippen LogP contribution in [0.4, 0.5) is 10.1 Å². The Kier molecular flexibility index (Phi) is 11.7. The van der Waals surface area contributed by atoms with E-state index >= 15 is 0 Å². The van der Waals surface area contributed by atoms with Gasteiger partial charge in [0.2, 0.25) is 0 Å². The second-order valence-corrected chi connectivity index (χ2v) is 10.3. The third kappa shape index (κ3) is 7.96. The molecule has 42 heavy (non-hydrogen) atoms. The molecular weight excluding hydrogens is 550 g/mol. The minimum atomic E-state index is -1.56. The summed E-state index contributed by atoms with van der Waals surface area (Å²) in [7, 11) is 0. The van der Waals surface area contributed by atoms with Crippen LogP contribution in [0.3, 0.4) is 0 Å². The van der Waals surface area contributed by atoms with Crippen LogP contribution < -0.4 is 20.6 Å². The first kappa shape index (κ1) is 32.8. The fourth-order valence-corrected chi connectivity index (χ4v) is 5.16. The van der Waals surface area contributed by atoms with Crippen LogP contribution in [0.2, 0.25) is 0 Å². The van der Waals surface area contributed by atoms with Gasteiger partial charge in [0.25, 0.3) is 5.91 Å². The number of amides is 1. The average Bonchev–Trinajstić information content (AvgIpc) is 3.28. The molecule has 4 aromatic rings. The zero-order chi connectivity index (χ0) is 29.5. The summed E-state index contributed by atoms with van der Waals surface area (Å²) >= 11 is 0. The Balaban J connectivity index is 0.00000484. The number of rotatable bonds is 12. The van der Waals surface area contributed by atoms with Gasteiger partial charge >= 0.3 is 17.4 Å². The molecule has 0 fully saturated rings. The molecule has 0 bridgehead atoms. The van der Waals surface area contributed by atoms with Crippen LogP contribution in [-0.2, 0) is 11.3 Å². The standard InChI is InChI=1S/C33H33FN2O5.Al/c1-21(2)31-30(33(41)35-25-11-7-4-8-12-25)29(22-9-5-3-6-10-22)32(23-13-15-24(34)16-14-23)36(31)18-17-26(37)19-27(38)20-28(39)40;/h3-16,21,26-27H,17-20H2,1-2H3,(H,35,41)(H,39,40);/q-2;+3/p-1/t26-,27-;/m1./s1. The number of hydrogen-bond acceptors (Lipinski definition) is 5. The van der Waals surface area contributed by atoms with Crippen molar-refractivity contribution < 1.29 is 29.3 Å². The molecule has 2 atom stereocenters. The van der Waals surface area contributed by atoms with Crippen molar-refractivity contribution in [3.63, 3.8) is 0 Å². The molecule has 0 aliphatic rings. The molecule has 0 saturated heterocycles. The van der Waals surface area contributed by atoms with Crippen molar-refractivity contribution in [2.45, 2.75) is 57.8 Å². The van der Waals surface area contributed by atoms with Gasteiger partial charge in [0.15, 0.2) is 0 Å². The number of hydrogen-bond donors (Lipinski definition) is 1. The fourth-order valence-electron chi connectivity index (χ4n) is 5.16. The number of carbonyl (C=O) groups excluding carboxylic acids is 2. The van der Waals surface area contributed by atoms with Gasteiger partial charge in [-0.05, 0) is 66.3 Å². The van der Waals surface area contributed by atoms with Crippen LogP contribution in [0, 0.1) is 5.82 Å². The number of para-hydroxylation sites is 1. The molecule has 0 aliphatic carbocycles. The topological polar surface area (TPSA) is 120 Å². The number of aromatic nitrogens is 1. The third-order valence-corrected chi connectivity index (χ3v) is 6.88. The summed E-state index contributed by atoms with van der Waals surface area (Å²) < 4.78 is 15.9. The van der Waals surface area contributed by atoms with Gasteiger partial charge in [-0.15, -0.1) is 12.2 Å². The Morgan fingerprint density at radius 3 is 2.02 bits per heavy atom. The van der Waals surface area contributed by atoms with Crippen LogP contribution in [0.1, 0.15) is 55.1 Å². The number of halogens is 1. The average molecular weight is 583 g/mol. The molecule has 1 N–H and O–H groups in total. The smallest absolute Gasteiger partial charge is 0.852 e. The van der Waals surface area contributed by atoms with Crippen molar-refractivity contribution >= 4 is 34.9 Å². The zero-order valence-corrected chi connectivity index (χ0v) is 24.7. The summed E-state index contributed by atoms with van der Waals surface area (Å²) in [6, 6.07) is 24.5. The summed E-state index contributed by atoms with van der Waals surface area (Å²) in [6.07, 6.45) is -3.92. The number of carboxylic acids is 1. The first-order chi connectivity index (χ1) is 19.7. The van der Waals surface area contributed by atoms with Crippen molar-refractivity contribution in [2.75, 3.05) is 5.32 Å². The van der Waals surface area contributed by atoms with E-state index in [0.717, 1.165) is 5.56 Å².